The highest BCUT2D eigenvalue weighted by molar-refractivity contribution is 5.93. The van der Waals surface area contributed by atoms with Crippen LogP contribution in [0.5, 0.6) is 5.75 Å². The van der Waals surface area contributed by atoms with E-state index in [0.29, 0.717) is 5.69 Å². The normalized spacial score (nSPS) is 11.8. The van der Waals surface area contributed by atoms with Crippen molar-refractivity contribution in [1.29, 1.82) is 0 Å². The summed E-state index contributed by atoms with van der Waals surface area (Å²) in [5.41, 5.74) is 2.73. The highest BCUT2D eigenvalue weighted by Crippen LogP contribution is 2.19. The molecule has 3 aromatic rings. The Kier molecular flexibility index (Phi) is 5.44. The first-order valence-electron chi connectivity index (χ1n) is 8.64. The summed E-state index contributed by atoms with van der Waals surface area (Å²) < 4.78 is 8.62. The fourth-order valence-electron chi connectivity index (χ4n) is 2.62. The van der Waals surface area contributed by atoms with E-state index in [0.717, 1.165) is 16.9 Å². The Morgan fingerprint density at radius 2 is 2.00 bits per heavy atom. The van der Waals surface area contributed by atoms with Crippen LogP contribution in [0.3, 0.4) is 0 Å². The van der Waals surface area contributed by atoms with Crippen molar-refractivity contribution in [3.8, 4) is 5.75 Å². The molecule has 2 aromatic heterocycles. The number of carboxylic acids is 1. The standard InChI is InChI=1S/C19H21N5O4/c1-12-4-5-17(13(2)6-12)28-11-23-10-16(8-20-23)22-18(25)14(3)24-9-15(7-21-24)19(26)27/h4-10,14H,11H2,1-3H3,(H,22,25)(H,26,27). The number of nitrogens with zero attached hydrogens (tertiary/aromatic N) is 4. The van der Waals surface area contributed by atoms with Gasteiger partial charge >= 0.3 is 5.97 Å². The molecule has 146 valence electrons. The number of hydrogen-bond acceptors (Lipinski definition) is 5. The van der Waals surface area contributed by atoms with Crippen LogP contribution in [0.2, 0.25) is 0 Å². The Balaban J connectivity index is 1.58. The molecular formula is C19H21N5O4. The van der Waals surface area contributed by atoms with Crippen LogP contribution in [-0.4, -0.2) is 36.5 Å². The molecule has 2 N–H and O–H groups in total. The van der Waals surface area contributed by atoms with Crippen molar-refractivity contribution < 1.29 is 19.4 Å². The van der Waals surface area contributed by atoms with E-state index in [1.807, 2.05) is 32.0 Å². The lowest BCUT2D eigenvalue weighted by Crippen LogP contribution is -2.23. The summed E-state index contributed by atoms with van der Waals surface area (Å²) in [6.07, 6.45) is 5.68. The van der Waals surface area contributed by atoms with Gasteiger partial charge in [-0.05, 0) is 32.4 Å². The average Bonchev–Trinajstić information content (AvgIpc) is 3.30. The second-order valence-electron chi connectivity index (χ2n) is 6.49. The van der Waals surface area contributed by atoms with Crippen LogP contribution < -0.4 is 10.1 Å². The van der Waals surface area contributed by atoms with E-state index in [-0.39, 0.29) is 18.2 Å². The predicted octanol–water partition coefficient (Wildman–Crippen LogP) is 2.63. The van der Waals surface area contributed by atoms with Crippen molar-refractivity contribution in [2.24, 2.45) is 0 Å². The van der Waals surface area contributed by atoms with E-state index in [1.54, 1.807) is 17.8 Å². The minimum Gasteiger partial charge on any atom is -0.478 e. The number of carbonyl (C=O) groups is 2. The molecule has 1 atom stereocenters. The molecular weight excluding hydrogens is 362 g/mol. The van der Waals surface area contributed by atoms with Crippen LogP contribution in [0.1, 0.15) is 34.5 Å². The van der Waals surface area contributed by atoms with Crippen LogP contribution in [0.15, 0.2) is 43.0 Å². The van der Waals surface area contributed by atoms with E-state index in [9.17, 15) is 9.59 Å². The van der Waals surface area contributed by atoms with Gasteiger partial charge in [-0.1, -0.05) is 17.7 Å². The van der Waals surface area contributed by atoms with Gasteiger partial charge in [0.05, 0.1) is 29.8 Å². The molecule has 0 fully saturated rings. The molecule has 1 aromatic carbocycles. The smallest absolute Gasteiger partial charge is 0.338 e. The molecule has 1 amide bonds. The number of aryl methyl sites for hydroxylation is 2. The maximum absolute atomic E-state index is 12.4. The summed E-state index contributed by atoms with van der Waals surface area (Å²) in [6, 6.07) is 5.25. The predicted molar refractivity (Wildman–Crippen MR) is 101 cm³/mol. The van der Waals surface area contributed by atoms with Crippen molar-refractivity contribution in [1.82, 2.24) is 19.6 Å². The van der Waals surface area contributed by atoms with Crippen LogP contribution in [-0.2, 0) is 11.5 Å². The van der Waals surface area contributed by atoms with Crippen molar-refractivity contribution >= 4 is 17.6 Å². The molecule has 3 rings (SSSR count). The Hall–Kier alpha value is -3.62. The number of nitrogens with one attached hydrogen (secondary N) is 1. The van der Waals surface area contributed by atoms with Gasteiger partial charge in [-0.15, -0.1) is 0 Å². The second-order valence-corrected chi connectivity index (χ2v) is 6.49. The summed E-state index contributed by atoms with van der Waals surface area (Å²) in [4.78, 5) is 23.3. The van der Waals surface area contributed by atoms with Crippen LogP contribution in [0.4, 0.5) is 5.69 Å². The van der Waals surface area contributed by atoms with E-state index in [4.69, 9.17) is 9.84 Å². The molecule has 2 heterocycles. The molecule has 0 bridgehead atoms. The molecule has 0 aliphatic carbocycles. The van der Waals surface area contributed by atoms with Crippen LogP contribution in [0.25, 0.3) is 0 Å². The number of aromatic nitrogens is 4. The third-order valence-corrected chi connectivity index (χ3v) is 4.21. The zero-order chi connectivity index (χ0) is 20.3. The topological polar surface area (TPSA) is 111 Å². The number of rotatable bonds is 7. The Morgan fingerprint density at radius 1 is 1.21 bits per heavy atom. The first kappa shape index (κ1) is 19.2. The Morgan fingerprint density at radius 3 is 2.68 bits per heavy atom. The molecule has 0 saturated heterocycles. The van der Waals surface area contributed by atoms with Crippen LogP contribution >= 0.6 is 0 Å². The molecule has 0 spiro atoms. The molecule has 1 unspecified atom stereocenters. The number of hydrogen-bond donors (Lipinski definition) is 2. The molecule has 0 aliphatic rings. The molecule has 0 aliphatic heterocycles. The Labute approximate surface area is 161 Å². The second kappa shape index (κ2) is 7.95. The van der Waals surface area contributed by atoms with Gasteiger partial charge in [0.1, 0.15) is 11.8 Å². The van der Waals surface area contributed by atoms with E-state index in [2.05, 4.69) is 15.5 Å². The van der Waals surface area contributed by atoms with E-state index >= 15 is 0 Å². The lowest BCUT2D eigenvalue weighted by Gasteiger charge is -2.11. The van der Waals surface area contributed by atoms with Gasteiger partial charge < -0.3 is 15.2 Å². The Bertz CT molecular complexity index is 1010. The van der Waals surface area contributed by atoms with Gasteiger partial charge in [0.2, 0.25) is 5.91 Å². The largest absolute Gasteiger partial charge is 0.478 e. The highest BCUT2D eigenvalue weighted by atomic mass is 16.5. The zero-order valence-corrected chi connectivity index (χ0v) is 15.8. The minimum atomic E-state index is -1.09. The maximum atomic E-state index is 12.4. The maximum Gasteiger partial charge on any atom is 0.338 e. The monoisotopic (exact) mass is 383 g/mol. The first-order chi connectivity index (χ1) is 13.3. The van der Waals surface area contributed by atoms with Crippen molar-refractivity contribution in [3.63, 3.8) is 0 Å². The van der Waals surface area contributed by atoms with Crippen molar-refractivity contribution in [2.45, 2.75) is 33.5 Å². The van der Waals surface area contributed by atoms with Gasteiger partial charge in [0, 0.05) is 6.20 Å². The fourth-order valence-corrected chi connectivity index (χ4v) is 2.62. The fraction of sp³-hybridized carbons (Fsp3) is 0.263. The summed E-state index contributed by atoms with van der Waals surface area (Å²) in [6.45, 7) is 5.83. The molecule has 0 radical (unpaired) electrons. The highest BCUT2D eigenvalue weighted by Gasteiger charge is 2.18. The molecule has 28 heavy (non-hydrogen) atoms. The number of carbonyl (C=O) groups excluding carboxylic acids is 1. The number of ether oxygens (including phenoxy) is 1. The number of amides is 1. The SMILES string of the molecule is Cc1ccc(OCn2cc(NC(=O)C(C)n3cc(C(=O)O)cn3)cn2)c(C)c1. The number of carboxylic acid groups (broad SMARTS) is 1. The third-order valence-electron chi connectivity index (χ3n) is 4.21. The van der Waals surface area contributed by atoms with Gasteiger partial charge in [-0.3, -0.25) is 9.48 Å². The van der Waals surface area contributed by atoms with Crippen LogP contribution in [0, 0.1) is 13.8 Å². The van der Waals surface area contributed by atoms with Gasteiger partial charge in [0.25, 0.3) is 0 Å². The average molecular weight is 383 g/mol. The number of benzene rings is 1. The quantitative estimate of drug-likeness (QED) is 0.649. The lowest BCUT2D eigenvalue weighted by atomic mass is 10.1. The molecule has 9 heteroatoms. The van der Waals surface area contributed by atoms with Crippen molar-refractivity contribution in [2.75, 3.05) is 5.32 Å². The first-order valence-corrected chi connectivity index (χ1v) is 8.64. The van der Waals surface area contributed by atoms with Gasteiger partial charge in [0.15, 0.2) is 6.73 Å². The summed E-state index contributed by atoms with van der Waals surface area (Å²) >= 11 is 0. The minimum absolute atomic E-state index is 0.0241. The summed E-state index contributed by atoms with van der Waals surface area (Å²) in [5, 5.41) is 19.8. The number of anilines is 1. The van der Waals surface area contributed by atoms with Gasteiger partial charge in [-0.25, -0.2) is 9.48 Å². The molecule has 9 nitrogen and oxygen atoms in total. The summed E-state index contributed by atoms with van der Waals surface area (Å²) in [7, 11) is 0. The molecule has 0 saturated carbocycles. The van der Waals surface area contributed by atoms with Gasteiger partial charge in [-0.2, -0.15) is 10.2 Å². The summed E-state index contributed by atoms with van der Waals surface area (Å²) in [5.74, 6) is -0.660. The number of aromatic carboxylic acids is 1. The van der Waals surface area contributed by atoms with E-state index in [1.165, 1.54) is 23.3 Å². The van der Waals surface area contributed by atoms with Crippen molar-refractivity contribution in [3.05, 3.63) is 59.7 Å². The zero-order valence-electron chi connectivity index (χ0n) is 15.8. The van der Waals surface area contributed by atoms with E-state index < -0.39 is 12.0 Å². The lowest BCUT2D eigenvalue weighted by molar-refractivity contribution is -0.119. The third kappa shape index (κ3) is 4.37.